The SMILES string of the molecule is NS(=O)(=O)c1ccc2c(c1)CCN2CC(=O)N1CCN(Cc2c(F)cccc2Cl)CC1. The Hall–Kier alpha value is -2.20. The van der Waals surface area contributed by atoms with Gasteiger partial charge in [0, 0.05) is 55.5 Å². The number of carbonyl (C=O) groups excluding carboxylic acids is 1. The number of carbonyl (C=O) groups is 1. The third-order valence-corrected chi connectivity index (χ3v) is 7.13. The number of sulfonamides is 1. The van der Waals surface area contributed by atoms with Crippen LogP contribution < -0.4 is 10.0 Å². The van der Waals surface area contributed by atoms with Crippen LogP contribution in [0.25, 0.3) is 0 Å². The lowest BCUT2D eigenvalue weighted by atomic mass is 10.1. The molecule has 0 aliphatic carbocycles. The maximum Gasteiger partial charge on any atom is 0.242 e. The van der Waals surface area contributed by atoms with Gasteiger partial charge in [-0.2, -0.15) is 0 Å². The lowest BCUT2D eigenvalue weighted by Crippen LogP contribution is -2.50. The standard InChI is InChI=1S/C21H24ClFN4O3S/c22-18-2-1-3-19(23)17(18)13-25-8-10-26(11-9-25)21(28)14-27-7-6-15-12-16(31(24,29)30)4-5-20(15)27/h1-5,12H,6-11,13-14H2,(H2,24,29,30). The number of halogens is 2. The Morgan fingerprint density at radius 3 is 2.52 bits per heavy atom. The van der Waals surface area contributed by atoms with E-state index in [1.165, 1.54) is 12.1 Å². The van der Waals surface area contributed by atoms with Gasteiger partial charge in [-0.1, -0.05) is 17.7 Å². The summed E-state index contributed by atoms with van der Waals surface area (Å²) in [6, 6.07) is 9.45. The molecule has 2 heterocycles. The van der Waals surface area contributed by atoms with Gasteiger partial charge in [0.05, 0.1) is 11.4 Å². The number of anilines is 1. The second-order valence-electron chi connectivity index (χ2n) is 7.86. The van der Waals surface area contributed by atoms with Gasteiger partial charge in [0.15, 0.2) is 0 Å². The van der Waals surface area contributed by atoms with Gasteiger partial charge in [0.1, 0.15) is 5.82 Å². The summed E-state index contributed by atoms with van der Waals surface area (Å²) in [5.41, 5.74) is 2.23. The van der Waals surface area contributed by atoms with Crippen LogP contribution in [0.4, 0.5) is 10.1 Å². The third-order valence-electron chi connectivity index (χ3n) is 5.87. The van der Waals surface area contributed by atoms with Crippen molar-refractivity contribution in [1.29, 1.82) is 0 Å². The maximum absolute atomic E-state index is 14.0. The summed E-state index contributed by atoms with van der Waals surface area (Å²) in [6.45, 7) is 3.72. The second-order valence-corrected chi connectivity index (χ2v) is 9.83. The molecule has 4 rings (SSSR count). The van der Waals surface area contributed by atoms with Gasteiger partial charge in [-0.25, -0.2) is 17.9 Å². The van der Waals surface area contributed by atoms with Gasteiger partial charge in [-0.15, -0.1) is 0 Å². The van der Waals surface area contributed by atoms with Crippen LogP contribution >= 0.6 is 11.6 Å². The van der Waals surface area contributed by atoms with Crippen molar-refractivity contribution >= 4 is 33.2 Å². The Kier molecular flexibility index (Phi) is 6.20. The molecule has 31 heavy (non-hydrogen) atoms. The molecule has 2 aliphatic rings. The number of hydrogen-bond donors (Lipinski definition) is 1. The number of primary sulfonamides is 1. The molecule has 1 fully saturated rings. The Balaban J connectivity index is 1.33. The van der Waals surface area contributed by atoms with Crippen molar-refractivity contribution in [2.75, 3.05) is 44.2 Å². The van der Waals surface area contributed by atoms with E-state index < -0.39 is 10.0 Å². The number of piperazine rings is 1. The molecule has 0 saturated carbocycles. The molecule has 0 bridgehead atoms. The molecule has 0 atom stereocenters. The lowest BCUT2D eigenvalue weighted by Gasteiger charge is -2.36. The highest BCUT2D eigenvalue weighted by molar-refractivity contribution is 7.89. The molecule has 0 spiro atoms. The Morgan fingerprint density at radius 2 is 1.84 bits per heavy atom. The molecule has 0 unspecified atom stereocenters. The summed E-state index contributed by atoms with van der Waals surface area (Å²) >= 11 is 6.12. The normalized spacial score (nSPS) is 17.1. The van der Waals surface area contributed by atoms with E-state index in [-0.39, 0.29) is 23.2 Å². The fraction of sp³-hybridized carbons (Fsp3) is 0.381. The van der Waals surface area contributed by atoms with Crippen LogP contribution in [0.15, 0.2) is 41.3 Å². The number of nitrogens with two attached hydrogens (primary N) is 1. The Bertz CT molecular complexity index is 1080. The predicted octanol–water partition coefficient (Wildman–Crippen LogP) is 1.83. The highest BCUT2D eigenvalue weighted by Gasteiger charge is 2.27. The molecular formula is C21H24ClFN4O3S. The molecule has 1 saturated heterocycles. The average molecular weight is 467 g/mol. The minimum Gasteiger partial charge on any atom is -0.362 e. The monoisotopic (exact) mass is 466 g/mol. The fourth-order valence-corrected chi connectivity index (χ4v) is 4.90. The van der Waals surface area contributed by atoms with E-state index in [1.807, 2.05) is 9.80 Å². The van der Waals surface area contributed by atoms with Gasteiger partial charge in [-0.3, -0.25) is 9.69 Å². The quantitative estimate of drug-likeness (QED) is 0.726. The van der Waals surface area contributed by atoms with Gasteiger partial charge in [0.2, 0.25) is 15.9 Å². The minimum absolute atomic E-state index is 0.0203. The number of benzene rings is 2. The number of nitrogens with zero attached hydrogens (tertiary/aromatic N) is 3. The summed E-state index contributed by atoms with van der Waals surface area (Å²) in [4.78, 5) is 18.8. The first-order valence-corrected chi connectivity index (χ1v) is 12.0. The van der Waals surface area contributed by atoms with Crippen molar-refractivity contribution in [3.63, 3.8) is 0 Å². The summed E-state index contributed by atoms with van der Waals surface area (Å²) in [5, 5.41) is 5.62. The van der Waals surface area contributed by atoms with Gasteiger partial charge in [-0.05, 0) is 42.3 Å². The van der Waals surface area contributed by atoms with E-state index in [4.69, 9.17) is 16.7 Å². The molecule has 2 N–H and O–H groups in total. The second kappa shape index (κ2) is 8.74. The first kappa shape index (κ1) is 22.0. The predicted molar refractivity (Wildman–Crippen MR) is 117 cm³/mol. The van der Waals surface area contributed by atoms with Crippen molar-refractivity contribution in [2.24, 2.45) is 5.14 Å². The van der Waals surface area contributed by atoms with Crippen LogP contribution in [-0.4, -0.2) is 63.4 Å². The fourth-order valence-electron chi connectivity index (χ4n) is 4.11. The summed E-state index contributed by atoms with van der Waals surface area (Å²) < 4.78 is 37.1. The summed E-state index contributed by atoms with van der Waals surface area (Å²) in [7, 11) is -3.75. The van der Waals surface area contributed by atoms with Crippen LogP contribution in [0.2, 0.25) is 5.02 Å². The van der Waals surface area contributed by atoms with Crippen LogP contribution in [0.3, 0.4) is 0 Å². The summed E-state index contributed by atoms with van der Waals surface area (Å²) in [6.07, 6.45) is 0.670. The van der Waals surface area contributed by atoms with E-state index in [2.05, 4.69) is 4.90 Å². The topological polar surface area (TPSA) is 86.9 Å². The van der Waals surface area contributed by atoms with Gasteiger partial charge < -0.3 is 9.80 Å². The largest absolute Gasteiger partial charge is 0.362 e. The first-order chi connectivity index (χ1) is 14.7. The van der Waals surface area contributed by atoms with E-state index in [9.17, 15) is 17.6 Å². The Labute approximate surface area is 186 Å². The Morgan fingerprint density at radius 1 is 1.10 bits per heavy atom. The average Bonchev–Trinajstić information content (AvgIpc) is 3.13. The zero-order valence-electron chi connectivity index (χ0n) is 16.9. The number of fused-ring (bicyclic) bond motifs is 1. The van der Waals surface area contributed by atoms with E-state index in [1.54, 1.807) is 24.3 Å². The van der Waals surface area contributed by atoms with Gasteiger partial charge >= 0.3 is 0 Å². The molecule has 2 aromatic carbocycles. The molecule has 0 radical (unpaired) electrons. The van der Waals surface area contributed by atoms with Crippen molar-refractivity contribution in [3.8, 4) is 0 Å². The number of hydrogen-bond acceptors (Lipinski definition) is 5. The van der Waals surface area contributed by atoms with Gasteiger partial charge in [0.25, 0.3) is 0 Å². The highest BCUT2D eigenvalue weighted by atomic mass is 35.5. The van der Waals surface area contributed by atoms with Crippen molar-refractivity contribution in [3.05, 3.63) is 58.4 Å². The van der Waals surface area contributed by atoms with E-state index >= 15 is 0 Å². The highest BCUT2D eigenvalue weighted by Crippen LogP contribution is 2.30. The molecule has 1 amide bonds. The number of rotatable bonds is 5. The summed E-state index contributed by atoms with van der Waals surface area (Å²) in [5.74, 6) is -0.295. The number of amides is 1. The van der Waals surface area contributed by atoms with E-state index in [0.29, 0.717) is 56.3 Å². The van der Waals surface area contributed by atoms with E-state index in [0.717, 1.165) is 11.3 Å². The van der Waals surface area contributed by atoms with Crippen molar-refractivity contribution < 1.29 is 17.6 Å². The van der Waals surface area contributed by atoms with Crippen LogP contribution in [0.5, 0.6) is 0 Å². The minimum atomic E-state index is -3.75. The molecule has 2 aromatic rings. The third kappa shape index (κ3) is 4.85. The van der Waals surface area contributed by atoms with Crippen LogP contribution in [0, 0.1) is 5.82 Å². The molecule has 7 nitrogen and oxygen atoms in total. The molecule has 0 aromatic heterocycles. The zero-order valence-corrected chi connectivity index (χ0v) is 18.5. The van der Waals surface area contributed by atoms with Crippen molar-refractivity contribution in [1.82, 2.24) is 9.80 Å². The smallest absolute Gasteiger partial charge is 0.242 e. The molecule has 2 aliphatic heterocycles. The van der Waals surface area contributed by atoms with Crippen molar-refractivity contribution in [2.45, 2.75) is 17.9 Å². The van der Waals surface area contributed by atoms with Crippen LogP contribution in [0.1, 0.15) is 11.1 Å². The maximum atomic E-state index is 14.0. The molecular weight excluding hydrogens is 443 g/mol. The van der Waals surface area contributed by atoms with Crippen LogP contribution in [-0.2, 0) is 27.8 Å². The first-order valence-electron chi connectivity index (χ1n) is 10.1. The lowest BCUT2D eigenvalue weighted by molar-refractivity contribution is -0.131. The zero-order chi connectivity index (χ0) is 22.2. The molecule has 166 valence electrons. The molecule has 10 heteroatoms.